The molecule has 0 saturated carbocycles. The molecule has 0 heterocycles. The van der Waals surface area contributed by atoms with Gasteiger partial charge in [0, 0.05) is 21.3 Å². The molecule has 1 atom stereocenters. The van der Waals surface area contributed by atoms with E-state index in [0.717, 1.165) is 0 Å². The Labute approximate surface area is 69.3 Å². The average Bonchev–Trinajstić information content (AvgIpc) is 1.80. The number of carboxylic acids is 1. The SMILES string of the molecule is CC(C)(C)[S@@](=O)CCC(=O)O. The second-order valence-corrected chi connectivity index (χ2v) is 5.63. The Morgan fingerprint density at radius 3 is 2.18 bits per heavy atom. The Kier molecular flexibility index (Phi) is 3.72. The molecule has 0 aliphatic carbocycles. The van der Waals surface area contributed by atoms with E-state index in [4.69, 9.17) is 5.11 Å². The maximum Gasteiger partial charge on any atom is 0.304 e. The van der Waals surface area contributed by atoms with Crippen molar-refractivity contribution in [2.75, 3.05) is 5.75 Å². The summed E-state index contributed by atoms with van der Waals surface area (Å²) in [5.74, 6) is -0.638. The van der Waals surface area contributed by atoms with Crippen LogP contribution in [0.3, 0.4) is 0 Å². The fourth-order valence-corrected chi connectivity index (χ4v) is 1.46. The molecule has 3 nitrogen and oxygen atoms in total. The molecule has 0 unspecified atom stereocenters. The van der Waals surface area contributed by atoms with Gasteiger partial charge in [0.1, 0.15) is 0 Å². The number of hydrogen-bond acceptors (Lipinski definition) is 2. The highest BCUT2D eigenvalue weighted by Crippen LogP contribution is 2.11. The van der Waals surface area contributed by atoms with Gasteiger partial charge in [-0.2, -0.15) is 0 Å². The summed E-state index contributed by atoms with van der Waals surface area (Å²) in [6.45, 7) is 5.51. The maximum atomic E-state index is 11.2. The zero-order valence-electron chi connectivity index (χ0n) is 7.09. The zero-order chi connectivity index (χ0) is 9.07. The van der Waals surface area contributed by atoms with Crippen LogP contribution in [0.4, 0.5) is 0 Å². The van der Waals surface area contributed by atoms with Gasteiger partial charge in [-0.15, -0.1) is 0 Å². The van der Waals surface area contributed by atoms with Crippen molar-refractivity contribution < 1.29 is 14.1 Å². The molecule has 0 aromatic rings. The van der Waals surface area contributed by atoms with Gasteiger partial charge in [0.05, 0.1) is 6.42 Å². The van der Waals surface area contributed by atoms with Crippen molar-refractivity contribution in [3.63, 3.8) is 0 Å². The van der Waals surface area contributed by atoms with E-state index >= 15 is 0 Å². The summed E-state index contributed by atoms with van der Waals surface area (Å²) in [6, 6.07) is 0. The minimum absolute atomic E-state index is 0.0100. The van der Waals surface area contributed by atoms with Crippen LogP contribution in [-0.2, 0) is 15.6 Å². The number of carboxylic acid groups (broad SMARTS) is 1. The van der Waals surface area contributed by atoms with E-state index in [2.05, 4.69) is 0 Å². The predicted octanol–water partition coefficient (Wildman–Crippen LogP) is 1.01. The summed E-state index contributed by atoms with van der Waals surface area (Å²) in [5.41, 5.74) is 0. The normalized spacial score (nSPS) is 14.5. The van der Waals surface area contributed by atoms with E-state index in [1.807, 2.05) is 20.8 Å². The fourth-order valence-electron chi connectivity index (χ4n) is 0.486. The maximum absolute atomic E-state index is 11.2. The van der Waals surface area contributed by atoms with Gasteiger partial charge in [-0.3, -0.25) is 9.00 Å². The quantitative estimate of drug-likeness (QED) is 0.701. The fraction of sp³-hybridized carbons (Fsp3) is 0.857. The van der Waals surface area contributed by atoms with Crippen molar-refractivity contribution in [2.45, 2.75) is 31.9 Å². The number of carbonyl (C=O) groups is 1. The van der Waals surface area contributed by atoms with Crippen molar-refractivity contribution in [3.05, 3.63) is 0 Å². The molecule has 66 valence electrons. The molecule has 0 amide bonds. The molecule has 0 aliphatic rings. The Balaban J connectivity index is 3.80. The van der Waals surface area contributed by atoms with Crippen LogP contribution in [0.15, 0.2) is 0 Å². The molecule has 0 bridgehead atoms. The van der Waals surface area contributed by atoms with Crippen LogP contribution < -0.4 is 0 Å². The van der Waals surface area contributed by atoms with Crippen LogP contribution in [0.5, 0.6) is 0 Å². The van der Waals surface area contributed by atoms with Gasteiger partial charge >= 0.3 is 5.97 Å². The molecule has 0 saturated heterocycles. The van der Waals surface area contributed by atoms with Crippen molar-refractivity contribution in [1.82, 2.24) is 0 Å². The molecular formula is C7H14O3S. The Bertz CT molecular complexity index is 169. The molecule has 0 aromatic heterocycles. The van der Waals surface area contributed by atoms with E-state index in [-0.39, 0.29) is 16.9 Å². The van der Waals surface area contributed by atoms with Crippen LogP contribution in [0.25, 0.3) is 0 Å². The summed E-state index contributed by atoms with van der Waals surface area (Å²) in [4.78, 5) is 10.1. The minimum Gasteiger partial charge on any atom is -0.481 e. The number of hydrogen-bond donors (Lipinski definition) is 1. The second-order valence-electron chi connectivity index (χ2n) is 3.31. The van der Waals surface area contributed by atoms with Gasteiger partial charge in [0.15, 0.2) is 0 Å². The van der Waals surface area contributed by atoms with Crippen molar-refractivity contribution in [1.29, 1.82) is 0 Å². The molecule has 0 rings (SSSR count). The third-order valence-electron chi connectivity index (χ3n) is 1.18. The second kappa shape index (κ2) is 3.85. The molecule has 1 N–H and O–H groups in total. The molecule has 0 spiro atoms. The first-order chi connectivity index (χ1) is 4.84. The summed E-state index contributed by atoms with van der Waals surface area (Å²) in [7, 11) is -1.04. The van der Waals surface area contributed by atoms with Crippen LogP contribution in [-0.4, -0.2) is 25.8 Å². The largest absolute Gasteiger partial charge is 0.481 e. The Morgan fingerprint density at radius 2 is 1.91 bits per heavy atom. The molecule has 0 fully saturated rings. The van der Waals surface area contributed by atoms with Crippen LogP contribution in [0.1, 0.15) is 27.2 Å². The highest BCUT2D eigenvalue weighted by Gasteiger charge is 2.19. The zero-order valence-corrected chi connectivity index (χ0v) is 7.90. The lowest BCUT2D eigenvalue weighted by atomic mass is 10.3. The van der Waals surface area contributed by atoms with Gasteiger partial charge in [0.2, 0.25) is 0 Å². The van der Waals surface area contributed by atoms with Crippen LogP contribution in [0, 0.1) is 0 Å². The van der Waals surface area contributed by atoms with Crippen LogP contribution >= 0.6 is 0 Å². The minimum atomic E-state index is -1.04. The number of aliphatic carboxylic acids is 1. The third-order valence-corrected chi connectivity index (χ3v) is 3.13. The van der Waals surface area contributed by atoms with E-state index < -0.39 is 16.8 Å². The summed E-state index contributed by atoms with van der Waals surface area (Å²) in [5, 5.41) is 8.29. The molecule has 0 radical (unpaired) electrons. The lowest BCUT2D eigenvalue weighted by Gasteiger charge is -2.16. The van der Waals surface area contributed by atoms with Gasteiger partial charge in [-0.25, -0.2) is 0 Å². The smallest absolute Gasteiger partial charge is 0.304 e. The first-order valence-corrected chi connectivity index (χ1v) is 4.76. The summed E-state index contributed by atoms with van der Waals surface area (Å²) < 4.78 is 10.9. The topological polar surface area (TPSA) is 54.4 Å². The monoisotopic (exact) mass is 178 g/mol. The van der Waals surface area contributed by atoms with Crippen molar-refractivity contribution in [3.8, 4) is 0 Å². The molecule has 0 aromatic carbocycles. The first kappa shape index (κ1) is 10.6. The van der Waals surface area contributed by atoms with Crippen molar-refractivity contribution >= 4 is 16.8 Å². The standard InChI is InChI=1S/C7H14O3S/c1-7(2,3)11(10)5-4-6(8)9/h4-5H2,1-3H3,(H,8,9)/t11-/m0/s1. The Hall–Kier alpha value is -0.380. The van der Waals surface area contributed by atoms with Gasteiger partial charge in [0.25, 0.3) is 0 Å². The van der Waals surface area contributed by atoms with Crippen LogP contribution in [0.2, 0.25) is 0 Å². The lowest BCUT2D eigenvalue weighted by Crippen LogP contribution is -2.25. The third kappa shape index (κ3) is 4.95. The Morgan fingerprint density at radius 1 is 1.45 bits per heavy atom. The van der Waals surface area contributed by atoms with E-state index in [1.54, 1.807) is 0 Å². The van der Waals surface area contributed by atoms with E-state index in [0.29, 0.717) is 0 Å². The molecule has 4 heteroatoms. The average molecular weight is 178 g/mol. The highest BCUT2D eigenvalue weighted by molar-refractivity contribution is 7.86. The first-order valence-electron chi connectivity index (χ1n) is 3.44. The molecular weight excluding hydrogens is 164 g/mol. The van der Waals surface area contributed by atoms with E-state index in [1.165, 1.54) is 0 Å². The highest BCUT2D eigenvalue weighted by atomic mass is 32.2. The summed E-state index contributed by atoms with van der Waals surface area (Å²) >= 11 is 0. The molecule has 11 heavy (non-hydrogen) atoms. The van der Waals surface area contributed by atoms with Gasteiger partial charge < -0.3 is 5.11 Å². The summed E-state index contributed by atoms with van der Waals surface area (Å²) in [6.07, 6.45) is -0.0100. The predicted molar refractivity (Wildman–Crippen MR) is 45.0 cm³/mol. The number of rotatable bonds is 3. The lowest BCUT2D eigenvalue weighted by molar-refractivity contribution is -0.136. The van der Waals surface area contributed by atoms with E-state index in [9.17, 15) is 9.00 Å². The molecule has 0 aliphatic heterocycles. The van der Waals surface area contributed by atoms with Crippen molar-refractivity contribution in [2.24, 2.45) is 0 Å². The van der Waals surface area contributed by atoms with Gasteiger partial charge in [-0.05, 0) is 20.8 Å². The van der Waals surface area contributed by atoms with Gasteiger partial charge in [-0.1, -0.05) is 0 Å².